The average molecular weight is 184 g/mol. The van der Waals surface area contributed by atoms with Crippen molar-refractivity contribution in [3.05, 3.63) is 42.5 Å². The molecular formula is C12H8O2. The third kappa shape index (κ3) is 0.783. The van der Waals surface area contributed by atoms with E-state index >= 15 is 0 Å². The van der Waals surface area contributed by atoms with E-state index < -0.39 is 0 Å². The first-order valence-corrected chi connectivity index (χ1v) is 4.46. The fourth-order valence-electron chi connectivity index (χ4n) is 1.98. The molecule has 0 unspecified atom stereocenters. The van der Waals surface area contributed by atoms with Crippen molar-refractivity contribution < 1.29 is 10.1 Å². The smallest absolute Gasteiger partial charge is 0.173 e. The van der Waals surface area contributed by atoms with Crippen molar-refractivity contribution in [1.82, 2.24) is 0 Å². The fraction of sp³-hybridized carbons (Fsp3) is 0. The molecule has 0 spiro atoms. The van der Waals surface area contributed by atoms with E-state index in [1.165, 1.54) is 5.56 Å². The van der Waals surface area contributed by atoms with E-state index in [9.17, 15) is 0 Å². The first-order chi connectivity index (χ1) is 6.92. The molecule has 0 saturated heterocycles. The van der Waals surface area contributed by atoms with Crippen molar-refractivity contribution in [2.24, 2.45) is 0 Å². The molecule has 2 aromatic rings. The molecule has 0 saturated carbocycles. The number of fused-ring (bicyclic) bond motifs is 4. The lowest BCUT2D eigenvalue weighted by molar-refractivity contribution is -0.137. The second kappa shape index (κ2) is 2.59. The van der Waals surface area contributed by atoms with Crippen LogP contribution in [0.15, 0.2) is 42.5 Å². The van der Waals surface area contributed by atoms with Crippen LogP contribution in [0, 0.1) is 0 Å². The van der Waals surface area contributed by atoms with E-state index in [4.69, 9.17) is 5.26 Å². The fourth-order valence-corrected chi connectivity index (χ4v) is 1.98. The van der Waals surface area contributed by atoms with Gasteiger partial charge in [0.2, 0.25) is 0 Å². The second-order valence-corrected chi connectivity index (χ2v) is 3.32. The summed E-state index contributed by atoms with van der Waals surface area (Å²) < 4.78 is 0. The highest BCUT2D eigenvalue weighted by molar-refractivity contribution is 6.04. The summed E-state index contributed by atoms with van der Waals surface area (Å²) >= 11 is 0. The van der Waals surface area contributed by atoms with Crippen molar-refractivity contribution in [1.29, 1.82) is 0 Å². The van der Waals surface area contributed by atoms with E-state index in [0.717, 1.165) is 16.7 Å². The minimum absolute atomic E-state index is 0.529. The first-order valence-electron chi connectivity index (χ1n) is 4.46. The van der Waals surface area contributed by atoms with Crippen molar-refractivity contribution in [2.75, 3.05) is 0 Å². The lowest BCUT2D eigenvalue weighted by Crippen LogP contribution is -2.00. The van der Waals surface area contributed by atoms with Gasteiger partial charge in [-0.2, -0.15) is 0 Å². The van der Waals surface area contributed by atoms with Gasteiger partial charge in [-0.15, -0.1) is 0 Å². The third-order valence-corrected chi connectivity index (χ3v) is 2.61. The van der Waals surface area contributed by atoms with Crippen LogP contribution >= 0.6 is 0 Å². The zero-order chi connectivity index (χ0) is 9.54. The molecule has 14 heavy (non-hydrogen) atoms. The van der Waals surface area contributed by atoms with Gasteiger partial charge in [0.05, 0.1) is 0 Å². The highest BCUT2D eigenvalue weighted by atomic mass is 17.1. The minimum atomic E-state index is 0.529. The highest BCUT2D eigenvalue weighted by Gasteiger charge is 2.25. The zero-order valence-corrected chi connectivity index (χ0v) is 7.40. The van der Waals surface area contributed by atoms with Crippen molar-refractivity contribution in [3.8, 4) is 28.0 Å². The van der Waals surface area contributed by atoms with E-state index in [-0.39, 0.29) is 0 Å². The molecule has 1 N–H and O–H groups in total. The van der Waals surface area contributed by atoms with Crippen LogP contribution in [-0.2, 0) is 0 Å². The van der Waals surface area contributed by atoms with E-state index in [0.29, 0.717) is 5.75 Å². The van der Waals surface area contributed by atoms with Gasteiger partial charge in [-0.25, -0.2) is 5.26 Å². The number of hydrogen-bond donors (Lipinski definition) is 1. The predicted molar refractivity (Wildman–Crippen MR) is 54.1 cm³/mol. The number of rotatable bonds is 1. The average Bonchev–Trinajstić information content (AvgIpc) is 2.24. The zero-order valence-electron chi connectivity index (χ0n) is 7.40. The van der Waals surface area contributed by atoms with Gasteiger partial charge in [-0.3, -0.25) is 0 Å². The summed E-state index contributed by atoms with van der Waals surface area (Å²) in [5.74, 6) is 0.529. The summed E-state index contributed by atoms with van der Waals surface area (Å²) in [5.41, 5.74) is 4.52. The number of hydrogen-bond acceptors (Lipinski definition) is 2. The second-order valence-electron chi connectivity index (χ2n) is 3.32. The van der Waals surface area contributed by atoms with Gasteiger partial charge in [0.25, 0.3) is 0 Å². The summed E-state index contributed by atoms with van der Waals surface area (Å²) in [6, 6.07) is 13.7. The Kier molecular flexibility index (Phi) is 1.41. The van der Waals surface area contributed by atoms with Crippen LogP contribution in [-0.4, -0.2) is 5.26 Å². The largest absolute Gasteiger partial charge is 0.340 e. The molecule has 68 valence electrons. The molecule has 0 atom stereocenters. The maximum atomic E-state index is 8.70. The topological polar surface area (TPSA) is 29.5 Å². The molecule has 0 heterocycles. The SMILES string of the molecule is OOc1cccc2c1-c1ccccc1-2. The van der Waals surface area contributed by atoms with Crippen LogP contribution in [0.1, 0.15) is 0 Å². The molecule has 0 aromatic heterocycles. The summed E-state index contributed by atoms with van der Waals surface area (Å²) in [5, 5.41) is 8.70. The molecule has 2 nitrogen and oxygen atoms in total. The van der Waals surface area contributed by atoms with E-state index in [1.807, 2.05) is 30.3 Å². The van der Waals surface area contributed by atoms with Gasteiger partial charge in [-0.05, 0) is 22.8 Å². The predicted octanol–water partition coefficient (Wildman–Crippen LogP) is 3.19. The van der Waals surface area contributed by atoms with Gasteiger partial charge < -0.3 is 4.89 Å². The van der Waals surface area contributed by atoms with Crippen LogP contribution in [0.5, 0.6) is 5.75 Å². The van der Waals surface area contributed by atoms with Crippen molar-refractivity contribution in [2.45, 2.75) is 0 Å². The standard InChI is InChI=1S/C12H8O2/c13-14-11-7-3-6-10-8-4-1-2-5-9(8)12(10)11/h1-7,13H. The Morgan fingerprint density at radius 3 is 2.29 bits per heavy atom. The normalized spacial score (nSPS) is 11.2. The Hall–Kier alpha value is -1.80. The van der Waals surface area contributed by atoms with E-state index in [1.54, 1.807) is 6.07 Å². The Morgan fingerprint density at radius 1 is 0.786 bits per heavy atom. The minimum Gasteiger partial charge on any atom is -0.340 e. The Bertz CT molecular complexity index is 503. The van der Waals surface area contributed by atoms with Crippen LogP contribution in [0.2, 0.25) is 0 Å². The van der Waals surface area contributed by atoms with Gasteiger partial charge in [0.15, 0.2) is 5.75 Å². The van der Waals surface area contributed by atoms with Crippen LogP contribution in [0.3, 0.4) is 0 Å². The maximum absolute atomic E-state index is 8.70. The molecule has 2 heteroatoms. The van der Waals surface area contributed by atoms with Crippen LogP contribution < -0.4 is 4.89 Å². The third-order valence-electron chi connectivity index (χ3n) is 2.61. The van der Waals surface area contributed by atoms with Gasteiger partial charge in [0.1, 0.15) is 0 Å². The van der Waals surface area contributed by atoms with Gasteiger partial charge in [0, 0.05) is 5.56 Å². The molecular weight excluding hydrogens is 176 g/mol. The molecule has 0 aliphatic heterocycles. The molecule has 3 rings (SSSR count). The Morgan fingerprint density at radius 2 is 1.50 bits per heavy atom. The highest BCUT2D eigenvalue weighted by Crippen LogP contribution is 2.51. The quantitative estimate of drug-likeness (QED) is 0.465. The van der Waals surface area contributed by atoms with E-state index in [2.05, 4.69) is 11.0 Å². The molecule has 1 aliphatic carbocycles. The number of benzene rings is 2. The summed E-state index contributed by atoms with van der Waals surface area (Å²) in [7, 11) is 0. The molecule has 0 bridgehead atoms. The Labute approximate surface area is 81.3 Å². The maximum Gasteiger partial charge on any atom is 0.173 e. The van der Waals surface area contributed by atoms with Crippen LogP contribution in [0.4, 0.5) is 0 Å². The van der Waals surface area contributed by atoms with Crippen molar-refractivity contribution >= 4 is 0 Å². The van der Waals surface area contributed by atoms with Crippen LogP contribution in [0.25, 0.3) is 22.3 Å². The molecule has 0 radical (unpaired) electrons. The molecule has 0 amide bonds. The molecule has 1 aliphatic rings. The van der Waals surface area contributed by atoms with Gasteiger partial charge >= 0.3 is 0 Å². The summed E-state index contributed by atoms with van der Waals surface area (Å²) in [6.45, 7) is 0. The Balaban J connectivity index is 2.28. The first kappa shape index (κ1) is 7.59. The van der Waals surface area contributed by atoms with Gasteiger partial charge in [-0.1, -0.05) is 36.4 Å². The summed E-state index contributed by atoms with van der Waals surface area (Å²) in [6.07, 6.45) is 0. The summed E-state index contributed by atoms with van der Waals surface area (Å²) in [4.78, 5) is 4.33. The lowest BCUT2D eigenvalue weighted by atomic mass is 9.80. The molecule has 0 fully saturated rings. The monoisotopic (exact) mass is 184 g/mol. The lowest BCUT2D eigenvalue weighted by Gasteiger charge is -2.24. The molecule has 2 aromatic carbocycles. The van der Waals surface area contributed by atoms with Crippen molar-refractivity contribution in [3.63, 3.8) is 0 Å².